The molecular formula is C15H20N2O3S. The molecule has 1 saturated heterocycles. The first kappa shape index (κ1) is 15.7. The first-order chi connectivity index (χ1) is 9.88. The number of benzene rings is 1. The van der Waals surface area contributed by atoms with Gasteiger partial charge < -0.3 is 5.73 Å². The van der Waals surface area contributed by atoms with Gasteiger partial charge in [0.25, 0.3) is 0 Å². The van der Waals surface area contributed by atoms with Crippen LogP contribution in [0.15, 0.2) is 29.7 Å². The molecule has 1 aliphatic rings. The summed E-state index contributed by atoms with van der Waals surface area (Å²) in [6.45, 7) is 2.59. The van der Waals surface area contributed by atoms with E-state index in [1.165, 1.54) is 9.71 Å². The second kappa shape index (κ2) is 6.41. The number of piperidine rings is 1. The fraction of sp³-hybridized carbons (Fsp3) is 0.400. The molecule has 0 spiro atoms. The molecule has 1 aliphatic heterocycles. The van der Waals surface area contributed by atoms with Gasteiger partial charge in [-0.15, -0.1) is 0 Å². The fourth-order valence-corrected chi connectivity index (χ4v) is 3.61. The molecule has 1 atom stereocenters. The minimum absolute atomic E-state index is 0.176. The highest BCUT2D eigenvalue weighted by Gasteiger charge is 2.29. The normalized spacial score (nSPS) is 20.7. The Hall–Kier alpha value is -1.66. The van der Waals surface area contributed by atoms with Gasteiger partial charge in [-0.1, -0.05) is 29.8 Å². The van der Waals surface area contributed by atoms with E-state index in [0.29, 0.717) is 19.4 Å². The summed E-state index contributed by atoms with van der Waals surface area (Å²) in [5.41, 5.74) is 7.22. The third-order valence-electron chi connectivity index (χ3n) is 3.66. The van der Waals surface area contributed by atoms with Gasteiger partial charge in [0, 0.05) is 18.5 Å². The van der Waals surface area contributed by atoms with Crippen molar-refractivity contribution in [2.24, 2.45) is 11.7 Å². The van der Waals surface area contributed by atoms with E-state index in [1.807, 2.05) is 31.2 Å². The Bertz CT molecular complexity index is 635. The number of aryl methyl sites for hydroxylation is 1. The second-order valence-corrected chi connectivity index (χ2v) is 7.18. The van der Waals surface area contributed by atoms with Gasteiger partial charge in [0.05, 0.1) is 5.92 Å². The summed E-state index contributed by atoms with van der Waals surface area (Å²) < 4.78 is 25.9. The Morgan fingerprint density at radius 1 is 1.33 bits per heavy atom. The minimum Gasteiger partial charge on any atom is -0.369 e. The zero-order valence-corrected chi connectivity index (χ0v) is 12.8. The van der Waals surface area contributed by atoms with Crippen LogP contribution in [0.25, 0.3) is 6.08 Å². The smallest absolute Gasteiger partial charge is 0.236 e. The fourth-order valence-electron chi connectivity index (χ4n) is 2.33. The van der Waals surface area contributed by atoms with Crippen LogP contribution in [0.3, 0.4) is 0 Å². The van der Waals surface area contributed by atoms with Crippen LogP contribution in [-0.4, -0.2) is 31.7 Å². The van der Waals surface area contributed by atoms with Gasteiger partial charge in [-0.25, -0.2) is 8.42 Å². The standard InChI is InChI=1S/C15H20N2O3S/c1-12-4-6-13(7-5-12)8-10-21(19,20)17-9-2-3-14(11-17)15(16)18/h4-8,10,14H,2-3,9,11H2,1H3,(H2,16,18)/b10-8-/t14-/m0/s1. The molecule has 0 saturated carbocycles. The van der Waals surface area contributed by atoms with Gasteiger partial charge in [0.1, 0.15) is 0 Å². The van der Waals surface area contributed by atoms with E-state index in [-0.39, 0.29) is 12.5 Å². The summed E-state index contributed by atoms with van der Waals surface area (Å²) >= 11 is 0. The Morgan fingerprint density at radius 3 is 2.62 bits per heavy atom. The average molecular weight is 308 g/mol. The summed E-state index contributed by atoms with van der Waals surface area (Å²) in [4.78, 5) is 11.2. The van der Waals surface area contributed by atoms with E-state index in [1.54, 1.807) is 6.08 Å². The van der Waals surface area contributed by atoms with Crippen molar-refractivity contribution in [1.82, 2.24) is 4.31 Å². The third kappa shape index (κ3) is 4.15. The number of carbonyl (C=O) groups excluding carboxylic acids is 1. The molecule has 21 heavy (non-hydrogen) atoms. The van der Waals surface area contributed by atoms with Gasteiger partial charge in [-0.3, -0.25) is 4.79 Å². The van der Waals surface area contributed by atoms with Gasteiger partial charge >= 0.3 is 0 Å². The summed E-state index contributed by atoms with van der Waals surface area (Å²) in [5.74, 6) is -0.821. The van der Waals surface area contributed by atoms with Crippen LogP contribution in [0.5, 0.6) is 0 Å². The molecular weight excluding hydrogens is 288 g/mol. The monoisotopic (exact) mass is 308 g/mol. The number of sulfonamides is 1. The van der Waals surface area contributed by atoms with Crippen molar-refractivity contribution in [1.29, 1.82) is 0 Å². The number of amides is 1. The van der Waals surface area contributed by atoms with Gasteiger partial charge in [-0.2, -0.15) is 4.31 Å². The Morgan fingerprint density at radius 2 is 2.00 bits per heavy atom. The molecule has 0 aliphatic carbocycles. The lowest BCUT2D eigenvalue weighted by Gasteiger charge is -2.29. The van der Waals surface area contributed by atoms with Crippen LogP contribution in [0.2, 0.25) is 0 Å². The van der Waals surface area contributed by atoms with Crippen molar-refractivity contribution in [3.63, 3.8) is 0 Å². The maximum atomic E-state index is 12.3. The molecule has 0 radical (unpaired) electrons. The van der Waals surface area contributed by atoms with Crippen LogP contribution in [-0.2, 0) is 14.8 Å². The molecule has 0 bridgehead atoms. The highest BCUT2D eigenvalue weighted by atomic mass is 32.2. The summed E-state index contributed by atoms with van der Waals surface area (Å²) in [6.07, 6.45) is 2.89. The number of primary amides is 1. The minimum atomic E-state index is -3.51. The second-order valence-electron chi connectivity index (χ2n) is 5.36. The highest BCUT2D eigenvalue weighted by Crippen LogP contribution is 2.20. The summed E-state index contributed by atoms with van der Waals surface area (Å²) in [5, 5.41) is 1.20. The van der Waals surface area contributed by atoms with Crippen LogP contribution in [0.4, 0.5) is 0 Å². The lowest BCUT2D eigenvalue weighted by molar-refractivity contribution is -0.122. The lowest BCUT2D eigenvalue weighted by Crippen LogP contribution is -2.43. The van der Waals surface area contributed by atoms with Crippen molar-refractivity contribution >= 4 is 22.0 Å². The average Bonchev–Trinajstić information content (AvgIpc) is 2.47. The molecule has 0 aromatic heterocycles. The zero-order chi connectivity index (χ0) is 15.5. The Labute approximate surface area is 125 Å². The molecule has 1 amide bonds. The quantitative estimate of drug-likeness (QED) is 0.915. The zero-order valence-electron chi connectivity index (χ0n) is 12.0. The van der Waals surface area contributed by atoms with Crippen molar-refractivity contribution in [2.45, 2.75) is 19.8 Å². The topological polar surface area (TPSA) is 80.5 Å². The first-order valence-electron chi connectivity index (χ1n) is 6.93. The van der Waals surface area contributed by atoms with Gasteiger partial charge in [0.2, 0.25) is 15.9 Å². The molecule has 2 N–H and O–H groups in total. The Kier molecular flexibility index (Phi) is 4.80. The van der Waals surface area contributed by atoms with E-state index in [9.17, 15) is 13.2 Å². The van der Waals surface area contributed by atoms with Crippen LogP contribution < -0.4 is 5.73 Å². The van der Waals surface area contributed by atoms with Crippen LogP contribution in [0.1, 0.15) is 24.0 Å². The van der Waals surface area contributed by atoms with Crippen molar-refractivity contribution in [3.05, 3.63) is 40.8 Å². The molecule has 0 unspecified atom stereocenters. The van der Waals surface area contributed by atoms with E-state index in [2.05, 4.69) is 0 Å². The molecule has 114 valence electrons. The van der Waals surface area contributed by atoms with Gasteiger partial charge in [0.15, 0.2) is 0 Å². The van der Waals surface area contributed by atoms with Crippen molar-refractivity contribution in [2.75, 3.05) is 13.1 Å². The largest absolute Gasteiger partial charge is 0.369 e. The number of nitrogens with zero attached hydrogens (tertiary/aromatic N) is 1. The van der Waals surface area contributed by atoms with E-state index in [4.69, 9.17) is 5.73 Å². The molecule has 1 heterocycles. The molecule has 5 nitrogen and oxygen atoms in total. The lowest BCUT2D eigenvalue weighted by atomic mass is 9.99. The Balaban J connectivity index is 2.10. The maximum Gasteiger partial charge on any atom is 0.236 e. The SMILES string of the molecule is Cc1ccc(/C=C\S(=O)(=O)N2CCC[C@H](C(N)=O)C2)cc1. The molecule has 2 rings (SSSR count). The molecule has 1 fully saturated rings. The number of hydrogen-bond acceptors (Lipinski definition) is 3. The number of nitrogens with two attached hydrogens (primary N) is 1. The highest BCUT2D eigenvalue weighted by molar-refractivity contribution is 7.92. The summed E-state index contributed by atoms with van der Waals surface area (Å²) in [6, 6.07) is 7.58. The number of carbonyl (C=O) groups is 1. The van der Waals surface area contributed by atoms with Crippen LogP contribution >= 0.6 is 0 Å². The predicted octanol–water partition coefficient (Wildman–Crippen LogP) is 1.49. The summed E-state index contributed by atoms with van der Waals surface area (Å²) in [7, 11) is -3.51. The molecule has 1 aromatic rings. The molecule has 6 heteroatoms. The van der Waals surface area contributed by atoms with Crippen molar-refractivity contribution in [3.8, 4) is 0 Å². The van der Waals surface area contributed by atoms with Crippen LogP contribution in [0, 0.1) is 12.8 Å². The third-order valence-corrected chi connectivity index (χ3v) is 5.19. The van der Waals surface area contributed by atoms with Gasteiger partial charge in [-0.05, 0) is 31.4 Å². The van der Waals surface area contributed by atoms with Crippen molar-refractivity contribution < 1.29 is 13.2 Å². The predicted molar refractivity (Wildman–Crippen MR) is 82.6 cm³/mol. The molecule has 1 aromatic carbocycles. The maximum absolute atomic E-state index is 12.3. The number of hydrogen-bond donors (Lipinski definition) is 1. The van der Waals surface area contributed by atoms with E-state index >= 15 is 0 Å². The number of rotatable bonds is 4. The van der Waals surface area contributed by atoms with E-state index < -0.39 is 15.9 Å². The van der Waals surface area contributed by atoms with E-state index in [0.717, 1.165) is 11.1 Å². The first-order valence-corrected chi connectivity index (χ1v) is 8.43.